The zero-order valence-corrected chi connectivity index (χ0v) is 15.0. The van der Waals surface area contributed by atoms with Crippen LogP contribution in [0.3, 0.4) is 0 Å². The van der Waals surface area contributed by atoms with Crippen molar-refractivity contribution in [2.75, 3.05) is 26.9 Å². The van der Waals surface area contributed by atoms with E-state index in [9.17, 15) is 5.26 Å². The Kier molecular flexibility index (Phi) is 4.91. The highest BCUT2D eigenvalue weighted by atomic mass is 16.5. The lowest BCUT2D eigenvalue weighted by molar-refractivity contribution is 0.372. The highest BCUT2D eigenvalue weighted by molar-refractivity contribution is 5.76. The number of methoxy groups -OCH3 is 1. The molecule has 0 unspecified atom stereocenters. The molecule has 25 heavy (non-hydrogen) atoms. The number of benzene rings is 1. The van der Waals surface area contributed by atoms with Gasteiger partial charge in [-0.15, -0.1) is 0 Å². The number of ether oxygens (including phenoxy) is 1. The molecule has 5 heteroatoms. The molecule has 2 aromatic rings. The van der Waals surface area contributed by atoms with Crippen molar-refractivity contribution in [2.24, 2.45) is 0 Å². The zero-order valence-electron chi connectivity index (χ0n) is 15.0. The molecule has 5 nitrogen and oxygen atoms in total. The Hall–Kier alpha value is -2.58. The first-order valence-corrected chi connectivity index (χ1v) is 8.56. The molecule has 1 aliphatic rings. The minimum Gasteiger partial charge on any atom is -0.496 e. The van der Waals surface area contributed by atoms with Crippen LogP contribution >= 0.6 is 0 Å². The number of hydrogen-bond donors (Lipinski definition) is 1. The minimum absolute atomic E-state index is 0.326. The lowest BCUT2D eigenvalue weighted by Crippen LogP contribution is -2.13. The summed E-state index contributed by atoms with van der Waals surface area (Å²) in [5.74, 6) is 1.64. The number of nitriles is 1. The number of aromatic nitrogens is 1. The van der Waals surface area contributed by atoms with Crippen molar-refractivity contribution in [2.45, 2.75) is 31.7 Å². The molecule has 1 aliphatic carbocycles. The maximum atomic E-state index is 9.57. The molecule has 1 aromatic carbocycles. The molecule has 1 aromatic heterocycles. The lowest BCUT2D eigenvalue weighted by Gasteiger charge is -2.26. The molecule has 0 bridgehead atoms. The fourth-order valence-corrected chi connectivity index (χ4v) is 3.25. The second kappa shape index (κ2) is 7.12. The number of nitrogens with zero attached hydrogens (tertiary/aromatic N) is 3. The molecule has 0 amide bonds. The Balaban J connectivity index is 2.11. The Bertz CT molecular complexity index is 819. The highest BCUT2D eigenvalue weighted by Gasteiger charge is 2.23. The van der Waals surface area contributed by atoms with Crippen molar-refractivity contribution in [1.29, 1.82) is 5.26 Å². The van der Waals surface area contributed by atoms with Gasteiger partial charge in [0.1, 0.15) is 23.2 Å². The fourth-order valence-electron chi connectivity index (χ4n) is 3.25. The van der Waals surface area contributed by atoms with Crippen molar-refractivity contribution in [3.05, 3.63) is 41.1 Å². The smallest absolute Gasteiger partial charge is 0.142 e. The first kappa shape index (κ1) is 17.2. The van der Waals surface area contributed by atoms with E-state index >= 15 is 0 Å². The van der Waals surface area contributed by atoms with E-state index in [4.69, 9.17) is 10.5 Å². The SMILES string of the molecule is COc1ccc(-c2cc(C3CCC3)nc(N)c2C#N)cc1CN(C)C. The van der Waals surface area contributed by atoms with E-state index in [2.05, 4.69) is 22.0 Å². The van der Waals surface area contributed by atoms with E-state index in [0.29, 0.717) is 17.3 Å². The molecular weight excluding hydrogens is 312 g/mol. The number of rotatable bonds is 5. The Morgan fingerprint density at radius 3 is 2.64 bits per heavy atom. The minimum atomic E-state index is 0.326. The van der Waals surface area contributed by atoms with Crippen LogP contribution in [0.15, 0.2) is 24.3 Å². The van der Waals surface area contributed by atoms with E-state index in [-0.39, 0.29) is 0 Å². The van der Waals surface area contributed by atoms with Gasteiger partial charge in [0.25, 0.3) is 0 Å². The van der Waals surface area contributed by atoms with Gasteiger partial charge in [-0.3, -0.25) is 0 Å². The molecule has 1 saturated carbocycles. The van der Waals surface area contributed by atoms with Crippen molar-refractivity contribution in [1.82, 2.24) is 9.88 Å². The second-order valence-corrected chi connectivity index (χ2v) is 6.86. The summed E-state index contributed by atoms with van der Waals surface area (Å²) in [5, 5.41) is 9.57. The van der Waals surface area contributed by atoms with Crippen LogP contribution in [0.5, 0.6) is 5.75 Å². The monoisotopic (exact) mass is 336 g/mol. The summed E-state index contributed by atoms with van der Waals surface area (Å²) >= 11 is 0. The van der Waals surface area contributed by atoms with Crippen LogP contribution in [-0.2, 0) is 6.54 Å². The fraction of sp³-hybridized carbons (Fsp3) is 0.400. The summed E-state index contributed by atoms with van der Waals surface area (Å²) in [6, 6.07) is 10.3. The molecule has 0 saturated heterocycles. The molecule has 1 heterocycles. The highest BCUT2D eigenvalue weighted by Crippen LogP contribution is 2.39. The van der Waals surface area contributed by atoms with Gasteiger partial charge in [-0.2, -0.15) is 5.26 Å². The largest absolute Gasteiger partial charge is 0.496 e. The Morgan fingerprint density at radius 2 is 2.08 bits per heavy atom. The number of pyridine rings is 1. The Morgan fingerprint density at radius 1 is 1.32 bits per heavy atom. The number of anilines is 1. The summed E-state index contributed by atoms with van der Waals surface area (Å²) in [7, 11) is 5.71. The number of nitrogens with two attached hydrogens (primary N) is 1. The summed E-state index contributed by atoms with van der Waals surface area (Å²) in [6.45, 7) is 0.759. The van der Waals surface area contributed by atoms with Gasteiger partial charge in [0.2, 0.25) is 0 Å². The van der Waals surface area contributed by atoms with Gasteiger partial charge in [-0.1, -0.05) is 12.5 Å². The van der Waals surface area contributed by atoms with Crippen molar-refractivity contribution in [3.8, 4) is 22.9 Å². The van der Waals surface area contributed by atoms with E-state index in [1.165, 1.54) is 6.42 Å². The maximum absolute atomic E-state index is 9.57. The quantitative estimate of drug-likeness (QED) is 0.904. The van der Waals surface area contributed by atoms with E-state index < -0.39 is 0 Å². The topological polar surface area (TPSA) is 75.2 Å². The zero-order chi connectivity index (χ0) is 18.0. The van der Waals surface area contributed by atoms with Gasteiger partial charge in [0.05, 0.1) is 7.11 Å². The summed E-state index contributed by atoms with van der Waals surface area (Å²) in [4.78, 5) is 6.57. The average molecular weight is 336 g/mol. The predicted octanol–water partition coefficient (Wildman–Crippen LogP) is 3.54. The third-order valence-electron chi connectivity index (χ3n) is 4.78. The van der Waals surface area contributed by atoms with Crippen LogP contribution < -0.4 is 10.5 Å². The first-order valence-electron chi connectivity index (χ1n) is 8.56. The molecular formula is C20H24N4O. The van der Waals surface area contributed by atoms with Crippen molar-refractivity contribution in [3.63, 3.8) is 0 Å². The molecule has 3 rings (SSSR count). The van der Waals surface area contributed by atoms with Gasteiger partial charge in [0.15, 0.2) is 0 Å². The van der Waals surface area contributed by atoms with E-state index in [0.717, 1.165) is 47.5 Å². The average Bonchev–Trinajstić information content (AvgIpc) is 2.52. The molecule has 1 fully saturated rings. The van der Waals surface area contributed by atoms with Gasteiger partial charge < -0.3 is 15.4 Å². The van der Waals surface area contributed by atoms with Gasteiger partial charge in [0, 0.05) is 29.3 Å². The van der Waals surface area contributed by atoms with Gasteiger partial charge in [-0.05, 0) is 50.7 Å². The third-order valence-corrected chi connectivity index (χ3v) is 4.78. The lowest BCUT2D eigenvalue weighted by atomic mass is 9.81. The molecule has 0 radical (unpaired) electrons. The van der Waals surface area contributed by atoms with Crippen molar-refractivity contribution < 1.29 is 4.74 Å². The summed E-state index contributed by atoms with van der Waals surface area (Å²) < 4.78 is 5.48. The summed E-state index contributed by atoms with van der Waals surface area (Å²) in [6.07, 6.45) is 3.52. The van der Waals surface area contributed by atoms with Gasteiger partial charge in [-0.25, -0.2) is 4.98 Å². The molecule has 130 valence electrons. The van der Waals surface area contributed by atoms with E-state index in [1.807, 2.05) is 32.3 Å². The number of hydrogen-bond acceptors (Lipinski definition) is 5. The Labute approximate surface area is 149 Å². The normalized spacial score (nSPS) is 14.2. The molecule has 0 atom stereocenters. The van der Waals surface area contributed by atoms with Crippen LogP contribution in [0.25, 0.3) is 11.1 Å². The van der Waals surface area contributed by atoms with Crippen LogP contribution in [0, 0.1) is 11.3 Å². The van der Waals surface area contributed by atoms with Crippen LogP contribution in [0.1, 0.15) is 42.0 Å². The molecule has 2 N–H and O–H groups in total. The van der Waals surface area contributed by atoms with Crippen LogP contribution in [-0.4, -0.2) is 31.1 Å². The molecule has 0 spiro atoms. The predicted molar refractivity (Wildman–Crippen MR) is 99.3 cm³/mol. The van der Waals surface area contributed by atoms with Crippen LogP contribution in [0.2, 0.25) is 0 Å². The van der Waals surface area contributed by atoms with Gasteiger partial charge >= 0.3 is 0 Å². The number of nitrogen functional groups attached to an aromatic ring is 1. The summed E-state index contributed by atoms with van der Waals surface area (Å²) in [5.41, 5.74) is 10.5. The maximum Gasteiger partial charge on any atom is 0.142 e. The molecule has 0 aliphatic heterocycles. The third kappa shape index (κ3) is 3.45. The van der Waals surface area contributed by atoms with E-state index in [1.54, 1.807) is 7.11 Å². The van der Waals surface area contributed by atoms with Crippen LogP contribution in [0.4, 0.5) is 5.82 Å². The second-order valence-electron chi connectivity index (χ2n) is 6.86. The first-order chi connectivity index (χ1) is 12.0. The standard InChI is InChI=1S/C20H24N4O/c1-24(2)12-15-9-14(7-8-19(15)25-3)16-10-18(13-5-4-6-13)23-20(22)17(16)11-21/h7-10,13H,4-6,12H2,1-3H3,(H2,22,23). The van der Waals surface area contributed by atoms with Crippen molar-refractivity contribution >= 4 is 5.82 Å².